The van der Waals surface area contributed by atoms with Gasteiger partial charge in [0.2, 0.25) is 0 Å². The summed E-state index contributed by atoms with van der Waals surface area (Å²) < 4.78 is 1.34. The van der Waals surface area contributed by atoms with E-state index in [0.717, 1.165) is 4.90 Å². The number of imidazole rings is 1. The third-order valence-electron chi connectivity index (χ3n) is 6.95. The molecule has 2 aromatic heterocycles. The van der Waals surface area contributed by atoms with Crippen LogP contribution in [0.25, 0.3) is 38.2 Å². The van der Waals surface area contributed by atoms with Crippen molar-refractivity contribution in [2.75, 3.05) is 4.90 Å². The van der Waals surface area contributed by atoms with E-state index in [1.54, 1.807) is 12.1 Å². The van der Waals surface area contributed by atoms with Crippen LogP contribution in [0.15, 0.2) is 71.5 Å². The number of aromatic carboxylic acids is 2. The maximum absolute atomic E-state index is 13.7. The second-order valence-corrected chi connectivity index (χ2v) is 8.96. The van der Waals surface area contributed by atoms with E-state index in [2.05, 4.69) is 4.98 Å². The Balaban J connectivity index is 1.54. The number of imide groups is 1. The molecule has 3 heterocycles. The SMILES string of the molecule is O=C(O)c1cccc(N2C(=O)c3ccc4c(=O)n5c6cc(C(=O)O)ccc6nc5c5ccc(c3c45)C2=O)c1. The van der Waals surface area contributed by atoms with Crippen LogP contribution in [0, 0.1) is 0 Å². The minimum absolute atomic E-state index is 0.00676. The minimum atomic E-state index is -1.19. The van der Waals surface area contributed by atoms with Crippen LogP contribution >= 0.6 is 0 Å². The Labute approximate surface area is 210 Å². The monoisotopic (exact) mass is 503 g/mol. The summed E-state index contributed by atoms with van der Waals surface area (Å²) in [7, 11) is 0. The van der Waals surface area contributed by atoms with Crippen molar-refractivity contribution in [3.05, 3.63) is 99.3 Å². The molecule has 0 atom stereocenters. The summed E-state index contributed by atoms with van der Waals surface area (Å²) in [5.74, 6) is -3.63. The number of pyridine rings is 1. The Morgan fingerprint density at radius 3 is 2.05 bits per heavy atom. The van der Waals surface area contributed by atoms with Gasteiger partial charge in [-0.05, 0) is 60.7 Å². The zero-order valence-corrected chi connectivity index (χ0v) is 19.1. The number of carboxylic acids is 2. The first kappa shape index (κ1) is 21.6. The van der Waals surface area contributed by atoms with Gasteiger partial charge in [-0.15, -0.1) is 0 Å². The molecule has 1 aliphatic rings. The number of carboxylic acid groups (broad SMARTS) is 2. The van der Waals surface area contributed by atoms with Gasteiger partial charge in [0, 0.05) is 32.7 Å². The highest BCUT2D eigenvalue weighted by molar-refractivity contribution is 6.38. The van der Waals surface area contributed by atoms with Gasteiger partial charge in [0.15, 0.2) is 0 Å². The van der Waals surface area contributed by atoms with Crippen molar-refractivity contribution in [1.82, 2.24) is 9.38 Å². The summed E-state index contributed by atoms with van der Waals surface area (Å²) >= 11 is 0. The number of fused-ring (bicyclic) bond motifs is 4. The van der Waals surface area contributed by atoms with Gasteiger partial charge >= 0.3 is 11.9 Å². The fraction of sp³-hybridized carbons (Fsp3) is 0. The molecule has 182 valence electrons. The number of benzene rings is 4. The maximum atomic E-state index is 13.7. The van der Waals surface area contributed by atoms with E-state index in [9.17, 15) is 34.2 Å². The maximum Gasteiger partial charge on any atom is 0.335 e. The van der Waals surface area contributed by atoms with Gasteiger partial charge in [-0.3, -0.25) is 18.8 Å². The fourth-order valence-corrected chi connectivity index (χ4v) is 5.28. The molecule has 4 aromatic carbocycles. The van der Waals surface area contributed by atoms with Crippen molar-refractivity contribution in [3.8, 4) is 0 Å². The molecule has 6 aromatic rings. The molecule has 0 bridgehead atoms. The summed E-state index contributed by atoms with van der Waals surface area (Å²) in [5, 5.41) is 20.3. The zero-order valence-electron chi connectivity index (χ0n) is 19.1. The highest BCUT2D eigenvalue weighted by atomic mass is 16.4. The van der Waals surface area contributed by atoms with E-state index < -0.39 is 29.3 Å². The first-order chi connectivity index (χ1) is 18.3. The molecule has 2 amide bonds. The lowest BCUT2D eigenvalue weighted by molar-refractivity contribution is 0.0686. The van der Waals surface area contributed by atoms with Crippen LogP contribution in [-0.2, 0) is 0 Å². The van der Waals surface area contributed by atoms with Crippen LogP contribution in [0.2, 0.25) is 0 Å². The quantitative estimate of drug-likeness (QED) is 0.347. The second kappa shape index (κ2) is 7.20. The predicted octanol–water partition coefficient (Wildman–Crippen LogP) is 3.79. The average molecular weight is 503 g/mol. The van der Waals surface area contributed by atoms with Gasteiger partial charge < -0.3 is 10.2 Å². The van der Waals surface area contributed by atoms with Crippen LogP contribution < -0.4 is 10.5 Å². The first-order valence-electron chi connectivity index (χ1n) is 11.4. The number of carbonyl (C=O) groups is 4. The lowest BCUT2D eigenvalue weighted by Crippen LogP contribution is -2.40. The highest BCUT2D eigenvalue weighted by Gasteiger charge is 2.36. The minimum Gasteiger partial charge on any atom is -0.478 e. The Morgan fingerprint density at radius 2 is 1.37 bits per heavy atom. The summed E-state index contributed by atoms with van der Waals surface area (Å²) in [6, 6.07) is 16.0. The smallest absolute Gasteiger partial charge is 0.335 e. The summed E-state index contributed by atoms with van der Waals surface area (Å²) in [4.78, 5) is 69.3. The molecule has 0 radical (unpaired) electrons. The van der Waals surface area contributed by atoms with Crippen molar-refractivity contribution in [2.45, 2.75) is 0 Å². The molecule has 10 nitrogen and oxygen atoms in total. The number of hydrogen-bond acceptors (Lipinski definition) is 6. The summed E-state index contributed by atoms with van der Waals surface area (Å²) in [5.41, 5.74) is 0.997. The van der Waals surface area contributed by atoms with Gasteiger partial charge in [-0.2, -0.15) is 0 Å². The molecule has 0 saturated carbocycles. The van der Waals surface area contributed by atoms with Gasteiger partial charge in [-0.25, -0.2) is 19.5 Å². The molecule has 0 spiro atoms. The number of anilines is 1. The van der Waals surface area contributed by atoms with Gasteiger partial charge in [-0.1, -0.05) is 6.07 Å². The van der Waals surface area contributed by atoms with Crippen LogP contribution in [0.3, 0.4) is 0 Å². The van der Waals surface area contributed by atoms with E-state index in [1.165, 1.54) is 59.0 Å². The van der Waals surface area contributed by atoms with Crippen LogP contribution in [0.4, 0.5) is 5.69 Å². The third kappa shape index (κ3) is 2.65. The molecule has 0 saturated heterocycles. The van der Waals surface area contributed by atoms with E-state index in [1.807, 2.05) is 0 Å². The Morgan fingerprint density at radius 1 is 0.711 bits per heavy atom. The van der Waals surface area contributed by atoms with Gasteiger partial charge in [0.1, 0.15) is 5.65 Å². The van der Waals surface area contributed by atoms with E-state index in [-0.39, 0.29) is 39.0 Å². The summed E-state index contributed by atoms with van der Waals surface area (Å²) in [6.45, 7) is 0. The number of aromatic nitrogens is 2. The molecule has 7 rings (SSSR count). The second-order valence-electron chi connectivity index (χ2n) is 8.96. The molecule has 1 aliphatic heterocycles. The molecular weight excluding hydrogens is 490 g/mol. The van der Waals surface area contributed by atoms with Crippen LogP contribution in [-0.4, -0.2) is 43.4 Å². The Hall–Kier alpha value is -5.64. The van der Waals surface area contributed by atoms with E-state index in [0.29, 0.717) is 27.2 Å². The first-order valence-corrected chi connectivity index (χ1v) is 11.4. The van der Waals surface area contributed by atoms with Crippen molar-refractivity contribution in [3.63, 3.8) is 0 Å². The largest absolute Gasteiger partial charge is 0.478 e. The van der Waals surface area contributed by atoms with Crippen molar-refractivity contribution < 1.29 is 29.4 Å². The molecular formula is C28H13N3O7. The van der Waals surface area contributed by atoms with Gasteiger partial charge in [0.05, 0.1) is 27.8 Å². The number of rotatable bonds is 3. The third-order valence-corrected chi connectivity index (χ3v) is 6.95. The molecule has 2 N–H and O–H groups in total. The lowest BCUT2D eigenvalue weighted by Gasteiger charge is -2.28. The van der Waals surface area contributed by atoms with Crippen LogP contribution in [0.5, 0.6) is 0 Å². The molecule has 0 unspecified atom stereocenters. The average Bonchev–Trinajstić information content (AvgIpc) is 3.30. The number of carbonyl (C=O) groups excluding carboxylic acids is 2. The zero-order chi connectivity index (χ0) is 26.5. The van der Waals surface area contributed by atoms with Gasteiger partial charge in [0.25, 0.3) is 17.4 Å². The predicted molar refractivity (Wildman–Crippen MR) is 137 cm³/mol. The lowest BCUT2D eigenvalue weighted by atomic mass is 9.90. The van der Waals surface area contributed by atoms with Crippen molar-refractivity contribution in [2.24, 2.45) is 0 Å². The standard InChI is InChI=1S/C28H13N3O7/c32-24-17-6-5-15-21-16(26(34)31-20-11-13(28(37)38)4-9-19(20)29-23(15)31)7-8-18(22(17)21)25(33)30(24)14-3-1-2-12(10-14)27(35)36/h1-11H,(H,35,36)(H,37,38). The van der Waals surface area contributed by atoms with Crippen molar-refractivity contribution >= 4 is 67.7 Å². The summed E-state index contributed by atoms with van der Waals surface area (Å²) in [6.07, 6.45) is 0. The topological polar surface area (TPSA) is 146 Å². The normalized spacial score (nSPS) is 13.3. The fourth-order valence-electron chi connectivity index (χ4n) is 5.28. The molecule has 0 fully saturated rings. The Kier molecular flexibility index (Phi) is 4.10. The van der Waals surface area contributed by atoms with Crippen molar-refractivity contribution in [1.29, 1.82) is 0 Å². The number of hydrogen-bond donors (Lipinski definition) is 2. The number of amides is 2. The van der Waals surface area contributed by atoms with E-state index >= 15 is 0 Å². The van der Waals surface area contributed by atoms with E-state index in [4.69, 9.17) is 0 Å². The molecule has 0 aliphatic carbocycles. The Bertz CT molecular complexity index is 2140. The molecule has 10 heteroatoms. The van der Waals surface area contributed by atoms with Crippen LogP contribution in [0.1, 0.15) is 41.4 Å². The number of nitrogens with zero attached hydrogens (tertiary/aromatic N) is 3. The molecule has 38 heavy (non-hydrogen) atoms. The highest BCUT2D eigenvalue weighted by Crippen LogP contribution is 2.38.